The Kier molecular flexibility index (Phi) is 5.31. The van der Waals surface area contributed by atoms with E-state index in [0.717, 1.165) is 6.07 Å². The molecule has 0 saturated heterocycles. The zero-order valence-electron chi connectivity index (χ0n) is 10.3. The summed E-state index contributed by atoms with van der Waals surface area (Å²) in [7, 11) is 0. The Morgan fingerprint density at radius 2 is 2.11 bits per heavy atom. The standard InChI is InChI=1S/C10H16F3N5O/c1-6(2-3-19)5-15-8-4-7(10(11,12)13)16-9(17-8)18-14/h4,6,19H,2-3,5,14H2,1H3,(H2,15,16,17,18). The number of aliphatic hydroxyl groups excluding tert-OH is 1. The lowest BCUT2D eigenvalue weighted by Crippen LogP contribution is -2.18. The lowest BCUT2D eigenvalue weighted by molar-refractivity contribution is -0.141. The van der Waals surface area contributed by atoms with E-state index in [2.05, 4.69) is 15.3 Å². The van der Waals surface area contributed by atoms with Gasteiger partial charge in [0.15, 0.2) is 5.69 Å². The molecule has 0 aliphatic carbocycles. The molecular formula is C10H16F3N5O. The highest BCUT2D eigenvalue weighted by atomic mass is 19.4. The van der Waals surface area contributed by atoms with Crippen molar-refractivity contribution in [3.05, 3.63) is 11.8 Å². The van der Waals surface area contributed by atoms with Crippen LogP contribution in [0.3, 0.4) is 0 Å². The summed E-state index contributed by atoms with van der Waals surface area (Å²) in [6, 6.07) is 0.812. The molecule has 1 aromatic rings. The van der Waals surface area contributed by atoms with Crippen LogP contribution < -0.4 is 16.6 Å². The Balaban J connectivity index is 2.83. The van der Waals surface area contributed by atoms with E-state index in [0.29, 0.717) is 13.0 Å². The van der Waals surface area contributed by atoms with Gasteiger partial charge in [0.25, 0.3) is 0 Å². The first kappa shape index (κ1) is 15.4. The number of hydrogen-bond acceptors (Lipinski definition) is 6. The van der Waals surface area contributed by atoms with E-state index in [1.54, 1.807) is 0 Å². The monoisotopic (exact) mass is 279 g/mol. The third-order valence-electron chi connectivity index (χ3n) is 2.40. The van der Waals surface area contributed by atoms with Crippen molar-refractivity contribution in [3.63, 3.8) is 0 Å². The highest BCUT2D eigenvalue weighted by Gasteiger charge is 2.33. The van der Waals surface area contributed by atoms with Crippen LogP contribution in [0.1, 0.15) is 19.0 Å². The molecule has 5 N–H and O–H groups in total. The lowest BCUT2D eigenvalue weighted by Gasteiger charge is -2.14. The van der Waals surface area contributed by atoms with Crippen LogP contribution in [0.25, 0.3) is 0 Å². The van der Waals surface area contributed by atoms with Gasteiger partial charge in [0, 0.05) is 19.2 Å². The minimum absolute atomic E-state index is 0.0238. The lowest BCUT2D eigenvalue weighted by atomic mass is 10.1. The third kappa shape index (κ3) is 4.87. The van der Waals surface area contributed by atoms with Gasteiger partial charge in [-0.2, -0.15) is 18.2 Å². The van der Waals surface area contributed by atoms with Crippen molar-refractivity contribution in [3.8, 4) is 0 Å². The van der Waals surface area contributed by atoms with E-state index in [4.69, 9.17) is 10.9 Å². The smallest absolute Gasteiger partial charge is 0.396 e. The van der Waals surface area contributed by atoms with E-state index in [-0.39, 0.29) is 24.3 Å². The van der Waals surface area contributed by atoms with Gasteiger partial charge in [0.1, 0.15) is 5.82 Å². The molecule has 19 heavy (non-hydrogen) atoms. The molecule has 0 fully saturated rings. The summed E-state index contributed by atoms with van der Waals surface area (Å²) in [6.45, 7) is 2.27. The zero-order chi connectivity index (χ0) is 14.5. The first-order valence-electron chi connectivity index (χ1n) is 5.64. The summed E-state index contributed by atoms with van der Waals surface area (Å²) in [4.78, 5) is 7.01. The van der Waals surface area contributed by atoms with Gasteiger partial charge in [-0.15, -0.1) is 0 Å². The van der Waals surface area contributed by atoms with E-state index < -0.39 is 11.9 Å². The molecule has 1 aromatic heterocycles. The van der Waals surface area contributed by atoms with Crippen molar-refractivity contribution >= 4 is 11.8 Å². The van der Waals surface area contributed by atoms with E-state index in [9.17, 15) is 13.2 Å². The van der Waals surface area contributed by atoms with Gasteiger partial charge in [-0.25, -0.2) is 10.8 Å². The molecule has 0 radical (unpaired) electrons. The first-order chi connectivity index (χ1) is 8.86. The molecular weight excluding hydrogens is 263 g/mol. The number of alkyl halides is 3. The topological polar surface area (TPSA) is 96.1 Å². The Hall–Kier alpha value is -1.61. The summed E-state index contributed by atoms with van der Waals surface area (Å²) < 4.78 is 37.8. The molecule has 0 amide bonds. The van der Waals surface area contributed by atoms with Crippen LogP contribution in [0.4, 0.5) is 24.9 Å². The molecule has 6 nitrogen and oxygen atoms in total. The van der Waals surface area contributed by atoms with Gasteiger partial charge in [-0.1, -0.05) is 6.92 Å². The molecule has 0 bridgehead atoms. The molecule has 9 heteroatoms. The number of nitrogens with two attached hydrogens (primary N) is 1. The van der Waals surface area contributed by atoms with Crippen molar-refractivity contribution in [2.75, 3.05) is 23.9 Å². The predicted molar refractivity (Wildman–Crippen MR) is 64.2 cm³/mol. The van der Waals surface area contributed by atoms with E-state index in [1.807, 2.05) is 12.3 Å². The number of anilines is 2. The fraction of sp³-hybridized carbons (Fsp3) is 0.600. The van der Waals surface area contributed by atoms with Crippen LogP contribution >= 0.6 is 0 Å². The summed E-state index contributed by atoms with van der Waals surface area (Å²) in [5.74, 6) is 4.85. The molecule has 1 atom stereocenters. The Morgan fingerprint density at radius 3 is 2.63 bits per heavy atom. The molecule has 1 rings (SSSR count). The van der Waals surface area contributed by atoms with Crippen molar-refractivity contribution in [1.29, 1.82) is 0 Å². The predicted octanol–water partition coefficient (Wildman–Crippen LogP) is 1.21. The summed E-state index contributed by atoms with van der Waals surface area (Å²) in [5, 5.41) is 11.5. The fourth-order valence-electron chi connectivity index (χ4n) is 1.35. The SMILES string of the molecule is CC(CCO)CNc1cc(C(F)(F)F)nc(NN)n1. The van der Waals surface area contributed by atoms with Crippen molar-refractivity contribution in [2.45, 2.75) is 19.5 Å². The zero-order valence-corrected chi connectivity index (χ0v) is 10.3. The second kappa shape index (κ2) is 6.53. The second-order valence-electron chi connectivity index (χ2n) is 4.10. The number of aromatic nitrogens is 2. The maximum atomic E-state index is 12.6. The van der Waals surface area contributed by atoms with Crippen LogP contribution in [-0.2, 0) is 6.18 Å². The molecule has 0 saturated carbocycles. The molecule has 0 spiro atoms. The molecule has 1 heterocycles. The van der Waals surface area contributed by atoms with Gasteiger partial charge in [-0.3, -0.25) is 5.43 Å². The van der Waals surface area contributed by atoms with Crippen LogP contribution in [0.2, 0.25) is 0 Å². The van der Waals surface area contributed by atoms with Crippen LogP contribution in [0, 0.1) is 5.92 Å². The number of aliphatic hydroxyl groups is 1. The number of nitrogens with one attached hydrogen (secondary N) is 2. The summed E-state index contributed by atoms with van der Waals surface area (Å²) >= 11 is 0. The second-order valence-corrected chi connectivity index (χ2v) is 4.10. The van der Waals surface area contributed by atoms with E-state index >= 15 is 0 Å². The van der Waals surface area contributed by atoms with Crippen molar-refractivity contribution in [1.82, 2.24) is 9.97 Å². The Labute approximate surface area is 108 Å². The number of rotatable bonds is 6. The van der Waals surface area contributed by atoms with Crippen molar-refractivity contribution < 1.29 is 18.3 Å². The van der Waals surface area contributed by atoms with Gasteiger partial charge in [0.2, 0.25) is 5.95 Å². The fourth-order valence-corrected chi connectivity index (χ4v) is 1.35. The highest BCUT2D eigenvalue weighted by Crippen LogP contribution is 2.29. The van der Waals surface area contributed by atoms with Gasteiger partial charge < -0.3 is 10.4 Å². The Morgan fingerprint density at radius 1 is 1.42 bits per heavy atom. The molecule has 0 aliphatic rings. The minimum Gasteiger partial charge on any atom is -0.396 e. The molecule has 1 unspecified atom stereocenters. The normalized spacial score (nSPS) is 13.2. The van der Waals surface area contributed by atoms with Gasteiger partial charge in [0.05, 0.1) is 0 Å². The quantitative estimate of drug-likeness (QED) is 0.462. The largest absolute Gasteiger partial charge is 0.433 e. The number of hydrogen-bond donors (Lipinski definition) is 4. The van der Waals surface area contributed by atoms with Gasteiger partial charge in [-0.05, 0) is 12.3 Å². The number of hydrazine groups is 1. The number of nitrogens with zero attached hydrogens (tertiary/aromatic N) is 2. The third-order valence-corrected chi connectivity index (χ3v) is 2.40. The Bertz CT molecular complexity index is 413. The molecule has 108 valence electrons. The van der Waals surface area contributed by atoms with Crippen molar-refractivity contribution in [2.24, 2.45) is 11.8 Å². The average Bonchev–Trinajstić information content (AvgIpc) is 2.35. The molecule has 0 aliphatic heterocycles. The van der Waals surface area contributed by atoms with E-state index in [1.165, 1.54) is 0 Å². The maximum absolute atomic E-state index is 12.6. The van der Waals surface area contributed by atoms with Crippen LogP contribution in [0.5, 0.6) is 0 Å². The maximum Gasteiger partial charge on any atom is 0.433 e. The molecule has 0 aromatic carbocycles. The minimum atomic E-state index is -4.57. The highest BCUT2D eigenvalue weighted by molar-refractivity contribution is 5.42. The summed E-state index contributed by atoms with van der Waals surface area (Å²) in [5.41, 5.74) is 0.914. The number of nitrogen functional groups attached to an aromatic ring is 1. The first-order valence-corrected chi connectivity index (χ1v) is 5.64. The van der Waals surface area contributed by atoms with Gasteiger partial charge >= 0.3 is 6.18 Å². The van der Waals surface area contributed by atoms with Crippen LogP contribution in [0.15, 0.2) is 6.07 Å². The summed E-state index contributed by atoms with van der Waals surface area (Å²) in [6.07, 6.45) is -4.02. The number of halogens is 3. The average molecular weight is 279 g/mol. The van der Waals surface area contributed by atoms with Crippen LogP contribution in [-0.4, -0.2) is 28.2 Å².